The van der Waals surface area contributed by atoms with Gasteiger partial charge in [-0.05, 0) is 67.9 Å². The number of thioether (sulfide) groups is 1. The number of fused-ring (bicyclic) bond motifs is 4. The molecule has 0 bridgehead atoms. The first kappa shape index (κ1) is 20.7. The summed E-state index contributed by atoms with van der Waals surface area (Å²) in [6.45, 7) is 0. The minimum Gasteiger partial charge on any atom is -0.325 e. The molecule has 1 aliphatic heterocycles. The Morgan fingerprint density at radius 1 is 0.970 bits per heavy atom. The predicted molar refractivity (Wildman–Crippen MR) is 135 cm³/mol. The van der Waals surface area contributed by atoms with Crippen molar-refractivity contribution in [1.29, 1.82) is 0 Å². The molecule has 2 aromatic heterocycles. The summed E-state index contributed by atoms with van der Waals surface area (Å²) < 4.78 is 1.71. The third-order valence-corrected chi connectivity index (χ3v) is 8.87. The van der Waals surface area contributed by atoms with Gasteiger partial charge in [-0.2, -0.15) is 0 Å². The van der Waals surface area contributed by atoms with Crippen LogP contribution in [0.1, 0.15) is 35.3 Å². The van der Waals surface area contributed by atoms with Crippen molar-refractivity contribution in [2.75, 3.05) is 5.32 Å². The Hall–Kier alpha value is -2.90. The number of aryl methyl sites for hydroxylation is 3. The largest absolute Gasteiger partial charge is 0.325 e. The lowest BCUT2D eigenvalue weighted by Crippen LogP contribution is -2.27. The summed E-state index contributed by atoms with van der Waals surface area (Å²) in [5.41, 5.74) is 3.96. The zero-order chi connectivity index (χ0) is 22.4. The minimum atomic E-state index is -0.328. The zero-order valence-electron chi connectivity index (χ0n) is 18.0. The number of anilines is 1. The van der Waals surface area contributed by atoms with E-state index in [-0.39, 0.29) is 16.7 Å². The number of amides is 1. The molecule has 1 aliphatic carbocycles. The number of para-hydroxylation sites is 2. The smallest absolute Gasteiger partial charge is 0.267 e. The Bertz CT molecular complexity index is 1420. The number of rotatable bonds is 3. The standard InChI is InChI=1S/C26H23N3O2S2/c30-23-21(15-14-16-8-4-6-12-19(16)27-23)33-26-28-24-22(18-11-5-7-13-20(18)32-24)25(31)29(26)17-9-2-1-3-10-17/h1-4,6,8-10,12,21H,5,7,11,13-15H2,(H,27,30). The summed E-state index contributed by atoms with van der Waals surface area (Å²) in [4.78, 5) is 34.1. The van der Waals surface area contributed by atoms with Crippen LogP contribution in [0.3, 0.4) is 0 Å². The van der Waals surface area contributed by atoms with Gasteiger partial charge in [-0.3, -0.25) is 14.2 Å². The fourth-order valence-corrected chi connectivity index (χ4v) is 7.20. The molecule has 2 aromatic carbocycles. The molecule has 6 rings (SSSR count). The second-order valence-electron chi connectivity index (χ2n) is 8.55. The van der Waals surface area contributed by atoms with Crippen LogP contribution in [0, 0.1) is 0 Å². The monoisotopic (exact) mass is 473 g/mol. The normalized spacial score (nSPS) is 17.8. The van der Waals surface area contributed by atoms with Crippen molar-refractivity contribution in [1.82, 2.24) is 9.55 Å². The van der Waals surface area contributed by atoms with Crippen molar-refractivity contribution < 1.29 is 4.79 Å². The van der Waals surface area contributed by atoms with Crippen LogP contribution in [0.25, 0.3) is 15.9 Å². The first-order valence-electron chi connectivity index (χ1n) is 11.4. The quantitative estimate of drug-likeness (QED) is 0.406. The van der Waals surface area contributed by atoms with Crippen molar-refractivity contribution in [2.24, 2.45) is 0 Å². The number of nitrogens with one attached hydrogen (secondary N) is 1. The van der Waals surface area contributed by atoms with Crippen molar-refractivity contribution in [2.45, 2.75) is 48.9 Å². The van der Waals surface area contributed by atoms with Crippen LogP contribution in [0.5, 0.6) is 0 Å². The second kappa shape index (κ2) is 8.47. The molecule has 1 N–H and O–H groups in total. The van der Waals surface area contributed by atoms with Gasteiger partial charge in [0.1, 0.15) is 4.83 Å². The van der Waals surface area contributed by atoms with Crippen LogP contribution in [-0.4, -0.2) is 20.7 Å². The van der Waals surface area contributed by atoms with Crippen LogP contribution in [0.15, 0.2) is 64.5 Å². The van der Waals surface area contributed by atoms with Crippen LogP contribution in [0.2, 0.25) is 0 Å². The zero-order valence-corrected chi connectivity index (χ0v) is 19.7. The van der Waals surface area contributed by atoms with E-state index in [4.69, 9.17) is 4.98 Å². The van der Waals surface area contributed by atoms with E-state index >= 15 is 0 Å². The summed E-state index contributed by atoms with van der Waals surface area (Å²) in [6, 6.07) is 17.6. The van der Waals surface area contributed by atoms with Gasteiger partial charge in [-0.25, -0.2) is 4.98 Å². The van der Waals surface area contributed by atoms with Crippen LogP contribution in [-0.2, 0) is 24.1 Å². The molecule has 3 heterocycles. The topological polar surface area (TPSA) is 64.0 Å². The SMILES string of the molecule is O=C1Nc2ccccc2CCC1Sc1nc2sc3c(c2c(=O)n1-c1ccccc1)CCCC3. The maximum Gasteiger partial charge on any atom is 0.267 e. The lowest BCUT2D eigenvalue weighted by atomic mass is 9.97. The highest BCUT2D eigenvalue weighted by atomic mass is 32.2. The molecule has 1 atom stereocenters. The number of hydrogen-bond acceptors (Lipinski definition) is 5. The third-order valence-electron chi connectivity index (χ3n) is 6.46. The molecule has 33 heavy (non-hydrogen) atoms. The Morgan fingerprint density at radius 2 is 1.76 bits per heavy atom. The van der Waals surface area contributed by atoms with Gasteiger partial charge in [-0.1, -0.05) is 48.2 Å². The highest BCUT2D eigenvalue weighted by Gasteiger charge is 2.28. The Morgan fingerprint density at radius 3 is 2.64 bits per heavy atom. The molecule has 1 unspecified atom stereocenters. The van der Waals surface area contributed by atoms with Crippen LogP contribution >= 0.6 is 23.1 Å². The highest BCUT2D eigenvalue weighted by molar-refractivity contribution is 8.00. The Labute approximate surface area is 199 Å². The fraction of sp³-hybridized carbons (Fsp3) is 0.269. The summed E-state index contributed by atoms with van der Waals surface area (Å²) >= 11 is 3.05. The Kier molecular flexibility index (Phi) is 5.31. The predicted octanol–water partition coefficient (Wildman–Crippen LogP) is 5.37. The van der Waals surface area contributed by atoms with Crippen molar-refractivity contribution in [3.05, 3.63) is 81.0 Å². The molecule has 4 aromatic rings. The van der Waals surface area contributed by atoms with Gasteiger partial charge in [-0.15, -0.1) is 11.3 Å². The summed E-state index contributed by atoms with van der Waals surface area (Å²) in [5.74, 6) is -0.0376. The van der Waals surface area contributed by atoms with E-state index in [0.717, 1.165) is 59.3 Å². The molecule has 5 nitrogen and oxygen atoms in total. The summed E-state index contributed by atoms with van der Waals surface area (Å²) in [7, 11) is 0. The maximum atomic E-state index is 13.9. The van der Waals surface area contributed by atoms with Gasteiger partial charge < -0.3 is 5.32 Å². The van der Waals surface area contributed by atoms with Gasteiger partial charge in [0.05, 0.1) is 16.3 Å². The van der Waals surface area contributed by atoms with E-state index in [1.54, 1.807) is 15.9 Å². The number of hydrogen-bond donors (Lipinski definition) is 1. The molecular weight excluding hydrogens is 450 g/mol. The van der Waals surface area contributed by atoms with Gasteiger partial charge in [0, 0.05) is 10.6 Å². The minimum absolute atomic E-state index is 0.0228. The number of carbonyl (C=O) groups excluding carboxylic acids is 1. The van der Waals surface area contributed by atoms with Gasteiger partial charge in [0.15, 0.2) is 5.16 Å². The first-order valence-corrected chi connectivity index (χ1v) is 13.1. The molecule has 0 radical (unpaired) electrons. The highest BCUT2D eigenvalue weighted by Crippen LogP contribution is 2.37. The van der Waals surface area contributed by atoms with E-state index in [9.17, 15) is 9.59 Å². The average Bonchev–Trinajstić information content (AvgIpc) is 3.13. The van der Waals surface area contributed by atoms with Crippen LogP contribution < -0.4 is 10.9 Å². The summed E-state index contributed by atoms with van der Waals surface area (Å²) in [5, 5.41) is 4.09. The molecule has 2 aliphatic rings. The molecule has 0 saturated carbocycles. The molecular formula is C26H23N3O2S2. The molecule has 0 fully saturated rings. The van der Waals surface area contributed by atoms with Crippen LogP contribution in [0.4, 0.5) is 5.69 Å². The van der Waals surface area contributed by atoms with Gasteiger partial charge in [0.25, 0.3) is 5.56 Å². The van der Waals surface area contributed by atoms with Crippen molar-refractivity contribution in [3.63, 3.8) is 0 Å². The van der Waals surface area contributed by atoms with Crippen molar-refractivity contribution >= 4 is 44.9 Å². The molecule has 7 heteroatoms. The van der Waals surface area contributed by atoms with Crippen molar-refractivity contribution in [3.8, 4) is 5.69 Å². The fourth-order valence-electron chi connectivity index (χ4n) is 4.80. The Balaban J connectivity index is 1.46. The van der Waals surface area contributed by atoms with E-state index in [2.05, 4.69) is 11.4 Å². The maximum absolute atomic E-state index is 13.9. The first-order chi connectivity index (χ1) is 16.2. The number of aromatic nitrogens is 2. The lowest BCUT2D eigenvalue weighted by molar-refractivity contribution is -0.115. The van der Waals surface area contributed by atoms with Gasteiger partial charge >= 0.3 is 0 Å². The van der Waals surface area contributed by atoms with Gasteiger partial charge in [0.2, 0.25) is 5.91 Å². The number of thiophene rings is 1. The number of benzene rings is 2. The average molecular weight is 474 g/mol. The summed E-state index contributed by atoms with van der Waals surface area (Å²) in [6.07, 6.45) is 5.73. The van der Waals surface area contributed by atoms with E-state index in [1.165, 1.54) is 22.2 Å². The van der Waals surface area contributed by atoms with E-state index < -0.39 is 0 Å². The molecule has 166 valence electrons. The van der Waals surface area contributed by atoms with E-state index in [0.29, 0.717) is 11.6 Å². The molecule has 0 saturated heterocycles. The number of nitrogens with zero attached hydrogens (tertiary/aromatic N) is 2. The molecule has 1 amide bonds. The number of carbonyl (C=O) groups is 1. The molecule has 0 spiro atoms. The van der Waals surface area contributed by atoms with E-state index in [1.807, 2.05) is 48.5 Å². The third kappa shape index (κ3) is 3.69. The second-order valence-corrected chi connectivity index (χ2v) is 10.8. The lowest BCUT2D eigenvalue weighted by Gasteiger charge is -2.17.